The van der Waals surface area contributed by atoms with Crippen molar-refractivity contribution in [1.82, 2.24) is 0 Å². The topological polar surface area (TPSA) is 355 Å². The zero-order chi connectivity index (χ0) is 93.0. The van der Waals surface area contributed by atoms with E-state index in [-0.39, 0.29) is 60.3 Å². The highest BCUT2D eigenvalue weighted by Gasteiger charge is 2.27. The van der Waals surface area contributed by atoms with Gasteiger partial charge in [-0.25, -0.2) is 9.59 Å². The normalized spacial score (nSPS) is 16.4. The number of ether oxygens (including phenoxy) is 18. The minimum absolute atomic E-state index is 0.0592. The van der Waals surface area contributed by atoms with Crippen LogP contribution in [0.1, 0.15) is 56.8 Å². The second-order valence-electron chi connectivity index (χ2n) is 30.8. The second-order valence-corrected chi connectivity index (χ2v) is 30.8. The number of carbonyl (C=O) groups is 2. The number of anilines is 6. The van der Waals surface area contributed by atoms with Crippen LogP contribution in [0.2, 0.25) is 0 Å². The lowest BCUT2D eigenvalue weighted by Crippen LogP contribution is -2.34. The van der Waals surface area contributed by atoms with Gasteiger partial charge in [-0.2, -0.15) is 15.3 Å². The summed E-state index contributed by atoms with van der Waals surface area (Å²) in [6, 6.07) is 43.4. The molecule has 8 aromatic carbocycles. The third kappa shape index (κ3) is 31.6. The summed E-state index contributed by atoms with van der Waals surface area (Å²) in [5, 5.41) is 40.7. The molecule has 6 aliphatic heterocycles. The summed E-state index contributed by atoms with van der Waals surface area (Å²) in [6.07, 6.45) is 0. The van der Waals surface area contributed by atoms with E-state index in [4.69, 9.17) is 85.3 Å². The van der Waals surface area contributed by atoms with Crippen molar-refractivity contribution >= 4 is 80.2 Å². The molecule has 0 radical (unpaired) electrons. The van der Waals surface area contributed by atoms with E-state index in [9.17, 15) is 29.8 Å². The van der Waals surface area contributed by atoms with Crippen LogP contribution in [0, 0.1) is 47.9 Å². The number of azo groups is 2. The predicted octanol–water partition coefficient (Wildman–Crippen LogP) is 15.0. The van der Waals surface area contributed by atoms with Crippen molar-refractivity contribution in [3.63, 3.8) is 0 Å². The van der Waals surface area contributed by atoms with E-state index in [0.29, 0.717) is 247 Å². The molecule has 0 atom stereocenters. The monoisotopic (exact) mass is 1830 g/mol. The third-order valence-corrected chi connectivity index (χ3v) is 21.4. The Bertz CT molecular complexity index is 4830. The Balaban J connectivity index is 0.000000255. The smallest absolute Gasteiger partial charge is 0.345 e. The Morgan fingerprint density at radius 2 is 0.621 bits per heavy atom. The Morgan fingerprint density at radius 1 is 0.326 bits per heavy atom. The van der Waals surface area contributed by atoms with Crippen LogP contribution in [0.3, 0.4) is 0 Å². The van der Waals surface area contributed by atoms with Gasteiger partial charge in [0, 0.05) is 96.9 Å². The zero-order valence-corrected chi connectivity index (χ0v) is 76.9. The van der Waals surface area contributed by atoms with Gasteiger partial charge in [0.2, 0.25) is 0 Å². The number of benzene rings is 8. The maximum Gasteiger partial charge on any atom is 0.345 e. The Labute approximate surface area is 770 Å². The lowest BCUT2D eigenvalue weighted by molar-refractivity contribution is -0.385. The van der Waals surface area contributed by atoms with Gasteiger partial charge in [-0.1, -0.05) is 24.3 Å². The second kappa shape index (κ2) is 54.7. The van der Waals surface area contributed by atoms with E-state index in [0.717, 1.165) is 85.4 Å². The number of rotatable bonds is 20. The first-order valence-corrected chi connectivity index (χ1v) is 44.8. The van der Waals surface area contributed by atoms with Crippen LogP contribution >= 0.6 is 0 Å². The number of aryl methyl sites for hydroxylation is 4. The highest BCUT2D eigenvalue weighted by Crippen LogP contribution is 2.40. The number of esters is 2. The molecule has 712 valence electrons. The van der Waals surface area contributed by atoms with Gasteiger partial charge in [-0.05, 0) is 155 Å². The molecule has 0 saturated carbocycles. The van der Waals surface area contributed by atoms with Crippen molar-refractivity contribution in [1.29, 1.82) is 0 Å². The highest BCUT2D eigenvalue weighted by molar-refractivity contribution is 5.96. The van der Waals surface area contributed by atoms with Crippen molar-refractivity contribution in [2.45, 2.75) is 41.5 Å². The van der Waals surface area contributed by atoms with E-state index in [2.05, 4.69) is 111 Å². The molecule has 8 aromatic rings. The summed E-state index contributed by atoms with van der Waals surface area (Å²) in [5.74, 6) is 2.40. The van der Waals surface area contributed by atoms with Crippen LogP contribution in [0.4, 0.5) is 68.2 Å². The number of nitro groups is 2. The van der Waals surface area contributed by atoms with Crippen molar-refractivity contribution in [3.05, 3.63) is 199 Å². The molecule has 0 aliphatic carbocycles. The van der Waals surface area contributed by atoms with Crippen LogP contribution in [-0.2, 0) is 56.8 Å². The Morgan fingerprint density at radius 3 is 0.939 bits per heavy atom. The van der Waals surface area contributed by atoms with Gasteiger partial charge in [0.1, 0.15) is 85.4 Å². The molecular weight excluding hydrogens is 1710 g/mol. The molecule has 0 aromatic heterocycles. The molecule has 0 amide bonds. The van der Waals surface area contributed by atoms with E-state index >= 15 is 0 Å². The van der Waals surface area contributed by atoms with Crippen molar-refractivity contribution in [2.75, 3.05) is 294 Å². The fourth-order valence-corrected chi connectivity index (χ4v) is 14.7. The first-order chi connectivity index (χ1) is 64.5. The van der Waals surface area contributed by atoms with E-state index in [1.165, 1.54) is 30.3 Å². The van der Waals surface area contributed by atoms with E-state index in [1.54, 1.807) is 52.3 Å². The first kappa shape index (κ1) is 100. The molecule has 6 heterocycles. The van der Waals surface area contributed by atoms with Crippen LogP contribution in [-0.4, -0.2) is 286 Å². The summed E-state index contributed by atoms with van der Waals surface area (Å²) >= 11 is 0. The molecule has 0 spiro atoms. The molecule has 6 aliphatic rings. The minimum Gasteiger partial charge on any atom is -0.490 e. The zero-order valence-electron chi connectivity index (χ0n) is 76.9. The lowest BCUT2D eigenvalue weighted by atomic mass is 10.1. The van der Waals surface area contributed by atoms with Gasteiger partial charge in [0.05, 0.1) is 225 Å². The SMILES string of the molecule is CCOC(=O)c1cc(N=Nc2ccc(N3CCOc4cc(C)ccc4N4CCOCCOCCN(CCOCCOCC4)c4ccc(C)cc4OCC3)c(OCCOC)c2)ccc1[N+](=O)[O-].CCOC(=O)c1cc([N+](=O)[O-])ccc1N=Nc1ccc(N2CCOc3cc(C)ccc3N3CCOCCOCCN(CCOCCOCC3)c3ccc(C)cc3OCC2)c(OCCOC)c1. The quantitative estimate of drug-likeness (QED) is 0.0171. The maximum atomic E-state index is 12.8. The largest absolute Gasteiger partial charge is 0.490 e. The molecule has 36 heteroatoms. The van der Waals surface area contributed by atoms with Crippen LogP contribution in [0.25, 0.3) is 0 Å². The average molecular weight is 1830 g/mol. The van der Waals surface area contributed by atoms with Gasteiger partial charge in [-0.3, -0.25) is 20.2 Å². The van der Waals surface area contributed by atoms with Gasteiger partial charge in [0.25, 0.3) is 11.4 Å². The molecule has 4 bridgehead atoms. The maximum absolute atomic E-state index is 12.8. The summed E-state index contributed by atoms with van der Waals surface area (Å²) in [4.78, 5) is 60.6. The van der Waals surface area contributed by atoms with Crippen LogP contribution in [0.15, 0.2) is 166 Å². The molecular formula is C96H124N12O24. The first-order valence-electron chi connectivity index (χ1n) is 44.8. The van der Waals surface area contributed by atoms with Crippen molar-refractivity contribution < 1.29 is 105 Å². The molecule has 0 unspecified atom stereocenters. The van der Waals surface area contributed by atoms with Crippen molar-refractivity contribution in [2.24, 2.45) is 20.5 Å². The number of hydrogen-bond donors (Lipinski definition) is 0. The fraction of sp³-hybridized carbons (Fsp3) is 0.479. The van der Waals surface area contributed by atoms with E-state index < -0.39 is 21.8 Å². The van der Waals surface area contributed by atoms with Gasteiger partial charge < -0.3 is 115 Å². The molecule has 14 rings (SSSR count). The molecule has 36 nitrogen and oxygen atoms in total. The van der Waals surface area contributed by atoms with Gasteiger partial charge in [0.15, 0.2) is 0 Å². The minimum atomic E-state index is -0.821. The summed E-state index contributed by atoms with van der Waals surface area (Å²) in [7, 11) is 3.21. The Hall–Kier alpha value is -12.1. The van der Waals surface area contributed by atoms with Gasteiger partial charge in [-0.15, -0.1) is 5.11 Å². The van der Waals surface area contributed by atoms with Crippen LogP contribution in [0.5, 0.6) is 34.5 Å². The number of carbonyl (C=O) groups excluding carboxylic acids is 2. The number of fused-ring (bicyclic) bond motifs is 40. The highest BCUT2D eigenvalue weighted by atomic mass is 16.6. The number of non-ortho nitro benzene ring substituents is 1. The summed E-state index contributed by atoms with van der Waals surface area (Å²) < 4.78 is 109. The molecule has 2 fully saturated rings. The molecule has 132 heavy (non-hydrogen) atoms. The summed E-state index contributed by atoms with van der Waals surface area (Å²) in [6.45, 7) is 28.4. The third-order valence-electron chi connectivity index (χ3n) is 21.4. The lowest BCUT2D eigenvalue weighted by Gasteiger charge is -2.29. The summed E-state index contributed by atoms with van der Waals surface area (Å²) in [5.41, 5.74) is 9.73. The number of hydrogen-bond acceptors (Lipinski definition) is 34. The van der Waals surface area contributed by atoms with Crippen molar-refractivity contribution in [3.8, 4) is 34.5 Å². The molecule has 2 saturated heterocycles. The predicted molar refractivity (Wildman–Crippen MR) is 501 cm³/mol. The number of nitrogens with zero attached hydrogens (tertiary/aromatic N) is 12. The van der Waals surface area contributed by atoms with Gasteiger partial charge >= 0.3 is 11.9 Å². The standard InChI is InChI=1S/2C48H62N6O12/c1-5-63-48(55)40-35-39(54(56)57)9-10-41(40)50-49-38-8-13-44(47(34-38)66-31-26-58-4)53-18-24-64-45-32-36(2)6-11-42(45)51-14-20-59-27-29-61-22-16-52(17-23-62-30-28-60-21-15-51)43-12-7-37(3)33-46(43)65-25-19-53;1-5-63-48(55)40-34-38(8-12-41(40)54(56)57)49-50-39-9-13-44(47(35-39)66-31-26-58-4)53-18-24-64-45-32-36(2)6-10-42(45)51-14-20-59-27-29-61-22-16-52(17-23-62-30-28-60-21-15-51)43-11-7-37(3)33-46(43)65-25-19-53/h2*6-13,32-35H,5,14-31H2,1-4H3. The average Bonchev–Trinajstić information content (AvgIpc) is 0.834. The van der Waals surface area contributed by atoms with Crippen LogP contribution < -0.4 is 57.8 Å². The van der Waals surface area contributed by atoms with E-state index in [1.807, 2.05) is 52.0 Å². The Kier molecular flexibility index (Phi) is 41.6. The number of methoxy groups -OCH3 is 2. The number of nitro benzene ring substituents is 2. The fourth-order valence-electron chi connectivity index (χ4n) is 14.7. The molecule has 0 N–H and O–H groups in total.